The van der Waals surface area contributed by atoms with Crippen molar-refractivity contribution in [3.05, 3.63) is 40.6 Å². The average Bonchev–Trinajstić information content (AvgIpc) is 2.78. The Balaban J connectivity index is 1.86. The number of ether oxygens (including phenoxy) is 3. The van der Waals surface area contributed by atoms with Crippen molar-refractivity contribution >= 4 is 11.0 Å². The van der Waals surface area contributed by atoms with Crippen LogP contribution >= 0.6 is 0 Å². The summed E-state index contributed by atoms with van der Waals surface area (Å²) in [6.07, 6.45) is -8.02. The van der Waals surface area contributed by atoms with E-state index >= 15 is 0 Å². The molecule has 0 spiro atoms. The van der Waals surface area contributed by atoms with Gasteiger partial charge in [0.05, 0.1) is 19.3 Å². The Bertz CT molecular complexity index is 1270. The molecule has 182 valence electrons. The van der Waals surface area contributed by atoms with E-state index < -0.39 is 48.5 Å². The molecule has 0 unspecified atom stereocenters. The van der Waals surface area contributed by atoms with Gasteiger partial charge in [0.1, 0.15) is 52.6 Å². The van der Waals surface area contributed by atoms with E-state index in [0.29, 0.717) is 0 Å². The van der Waals surface area contributed by atoms with E-state index in [-0.39, 0.29) is 45.3 Å². The highest BCUT2D eigenvalue weighted by molar-refractivity contribution is 5.86. The molecule has 0 bridgehead atoms. The first-order valence-electron chi connectivity index (χ1n) is 10.0. The molecule has 1 fully saturated rings. The summed E-state index contributed by atoms with van der Waals surface area (Å²) < 4.78 is 22.0. The van der Waals surface area contributed by atoms with Crippen molar-refractivity contribution in [3.63, 3.8) is 0 Å². The van der Waals surface area contributed by atoms with Crippen LogP contribution in [0.25, 0.3) is 22.3 Å². The van der Waals surface area contributed by atoms with Crippen LogP contribution < -0.4 is 14.9 Å². The molecule has 1 saturated heterocycles. The van der Waals surface area contributed by atoms with Crippen molar-refractivity contribution in [2.75, 3.05) is 13.7 Å². The molecule has 0 aliphatic carbocycles. The number of aromatic hydroxyl groups is 3. The molecule has 2 heterocycles. The fourth-order valence-corrected chi connectivity index (χ4v) is 3.73. The number of rotatable bonds is 5. The summed E-state index contributed by atoms with van der Waals surface area (Å²) in [5.41, 5.74) is -0.765. The van der Waals surface area contributed by atoms with Crippen LogP contribution in [0.5, 0.6) is 28.7 Å². The third-order valence-corrected chi connectivity index (χ3v) is 5.44. The van der Waals surface area contributed by atoms with Crippen LogP contribution in [0.4, 0.5) is 0 Å². The predicted octanol–water partition coefficient (Wildman–Crippen LogP) is -0.236. The number of phenolic OH excluding ortho intramolecular Hbond substituents is 3. The van der Waals surface area contributed by atoms with Gasteiger partial charge in [-0.1, -0.05) is 0 Å². The van der Waals surface area contributed by atoms with E-state index in [4.69, 9.17) is 18.6 Å². The molecule has 0 amide bonds. The molecule has 12 heteroatoms. The van der Waals surface area contributed by atoms with Gasteiger partial charge in [-0.15, -0.1) is 0 Å². The lowest BCUT2D eigenvalue weighted by molar-refractivity contribution is -0.277. The fraction of sp³-hybridized carbons (Fsp3) is 0.318. The van der Waals surface area contributed by atoms with Gasteiger partial charge in [0.2, 0.25) is 12.0 Å². The van der Waals surface area contributed by atoms with Crippen LogP contribution in [0.2, 0.25) is 0 Å². The van der Waals surface area contributed by atoms with Gasteiger partial charge in [-0.2, -0.15) is 0 Å². The van der Waals surface area contributed by atoms with Gasteiger partial charge < -0.3 is 54.4 Å². The van der Waals surface area contributed by atoms with Gasteiger partial charge in [-0.3, -0.25) is 4.79 Å². The largest absolute Gasteiger partial charge is 0.508 e. The van der Waals surface area contributed by atoms with E-state index in [1.807, 2.05) is 0 Å². The van der Waals surface area contributed by atoms with Gasteiger partial charge in [0, 0.05) is 18.2 Å². The van der Waals surface area contributed by atoms with E-state index in [2.05, 4.69) is 0 Å². The Hall–Kier alpha value is -3.55. The number of phenols is 3. The van der Waals surface area contributed by atoms with Gasteiger partial charge in [0.15, 0.2) is 16.9 Å². The van der Waals surface area contributed by atoms with Crippen LogP contribution in [-0.4, -0.2) is 80.2 Å². The Morgan fingerprint density at radius 2 is 1.68 bits per heavy atom. The molecule has 12 nitrogen and oxygen atoms in total. The van der Waals surface area contributed by atoms with Crippen molar-refractivity contribution in [3.8, 4) is 40.1 Å². The fourth-order valence-electron chi connectivity index (χ4n) is 3.73. The van der Waals surface area contributed by atoms with E-state index in [1.165, 1.54) is 19.2 Å². The van der Waals surface area contributed by atoms with Crippen molar-refractivity contribution in [1.29, 1.82) is 0 Å². The Morgan fingerprint density at radius 1 is 0.941 bits per heavy atom. The van der Waals surface area contributed by atoms with Gasteiger partial charge >= 0.3 is 0 Å². The van der Waals surface area contributed by atoms with Crippen molar-refractivity contribution < 1.29 is 54.4 Å². The van der Waals surface area contributed by atoms with Gasteiger partial charge in [-0.25, -0.2) is 0 Å². The summed E-state index contributed by atoms with van der Waals surface area (Å²) >= 11 is 0. The highest BCUT2D eigenvalue weighted by Crippen LogP contribution is 2.45. The molecule has 3 aromatic rings. The first-order chi connectivity index (χ1) is 16.2. The first-order valence-corrected chi connectivity index (χ1v) is 10.0. The minimum absolute atomic E-state index is 0.0356. The number of aliphatic hydroxyl groups is 4. The summed E-state index contributed by atoms with van der Waals surface area (Å²) in [4.78, 5) is 12.7. The highest BCUT2D eigenvalue weighted by atomic mass is 16.7. The van der Waals surface area contributed by atoms with Crippen molar-refractivity contribution in [2.24, 2.45) is 0 Å². The van der Waals surface area contributed by atoms with Gasteiger partial charge in [0.25, 0.3) is 0 Å². The number of benzene rings is 2. The number of hydrogen-bond acceptors (Lipinski definition) is 12. The number of fused-ring (bicyclic) bond motifs is 1. The third-order valence-electron chi connectivity index (χ3n) is 5.44. The second-order valence-corrected chi connectivity index (χ2v) is 7.62. The monoisotopic (exact) mass is 478 g/mol. The zero-order valence-corrected chi connectivity index (χ0v) is 17.7. The maximum Gasteiger partial charge on any atom is 0.229 e. The van der Waals surface area contributed by atoms with Crippen LogP contribution in [0.1, 0.15) is 0 Å². The van der Waals surface area contributed by atoms with Crippen LogP contribution in [0.3, 0.4) is 0 Å². The zero-order chi connectivity index (χ0) is 24.7. The van der Waals surface area contributed by atoms with Crippen LogP contribution in [0, 0.1) is 0 Å². The molecule has 1 aliphatic rings. The SMILES string of the molecule is COc1c(O)ccc(-c2cc(=O)c3c(O)cc(O)cc3o2)c1O[C@@H]1O[C@H](CO)[C@@H](O)[C@H](O)[C@H]1O. The lowest BCUT2D eigenvalue weighted by atomic mass is 9.99. The number of methoxy groups -OCH3 is 1. The molecule has 34 heavy (non-hydrogen) atoms. The van der Waals surface area contributed by atoms with Gasteiger partial charge in [-0.05, 0) is 12.1 Å². The highest BCUT2D eigenvalue weighted by Gasteiger charge is 2.45. The summed E-state index contributed by atoms with van der Waals surface area (Å²) in [7, 11) is 1.21. The molecule has 4 rings (SSSR count). The summed E-state index contributed by atoms with van der Waals surface area (Å²) in [6.45, 7) is -0.693. The minimum atomic E-state index is -1.77. The predicted molar refractivity (Wildman–Crippen MR) is 114 cm³/mol. The molecule has 1 aromatic heterocycles. The normalized spacial score (nSPS) is 24.8. The molecule has 0 radical (unpaired) electrons. The Kier molecular flexibility index (Phi) is 6.25. The molecule has 7 N–H and O–H groups in total. The molecule has 5 atom stereocenters. The van der Waals surface area contributed by atoms with E-state index in [9.17, 15) is 40.5 Å². The molecule has 2 aromatic carbocycles. The zero-order valence-electron chi connectivity index (χ0n) is 17.7. The number of hydrogen-bond donors (Lipinski definition) is 7. The number of aliphatic hydroxyl groups excluding tert-OH is 4. The summed E-state index contributed by atoms with van der Waals surface area (Å²) in [5, 5.41) is 69.7. The third kappa shape index (κ3) is 3.97. The smallest absolute Gasteiger partial charge is 0.229 e. The average molecular weight is 478 g/mol. The van der Waals surface area contributed by atoms with Crippen LogP contribution in [-0.2, 0) is 4.74 Å². The van der Waals surface area contributed by atoms with E-state index in [0.717, 1.165) is 18.2 Å². The Morgan fingerprint density at radius 3 is 2.35 bits per heavy atom. The quantitative estimate of drug-likeness (QED) is 0.254. The Labute approximate surface area is 191 Å². The molecule has 0 saturated carbocycles. The molecular formula is C22H22O12. The van der Waals surface area contributed by atoms with Crippen molar-refractivity contribution in [1.82, 2.24) is 0 Å². The van der Waals surface area contributed by atoms with Crippen molar-refractivity contribution in [2.45, 2.75) is 30.7 Å². The molecular weight excluding hydrogens is 456 g/mol. The molecule has 1 aliphatic heterocycles. The van der Waals surface area contributed by atoms with Crippen LogP contribution in [0.15, 0.2) is 39.5 Å². The standard InChI is InChI=1S/C22H22O12/c1-31-21-10(25)3-2-9(13-6-12(27)16-11(26)4-8(24)5-14(16)32-13)20(21)34-22-19(30)18(29)17(28)15(7-23)33-22/h2-6,15,17-19,22-26,28-30H,7H2,1H3/t15-,17-,18+,19-,22+/m1/s1. The summed E-state index contributed by atoms with van der Waals surface area (Å²) in [6, 6.07) is 5.67. The maximum atomic E-state index is 12.7. The lowest BCUT2D eigenvalue weighted by Gasteiger charge is -2.39. The second kappa shape index (κ2) is 9.00. The van der Waals surface area contributed by atoms with E-state index in [1.54, 1.807) is 0 Å². The second-order valence-electron chi connectivity index (χ2n) is 7.62. The topological polar surface area (TPSA) is 200 Å². The lowest BCUT2D eigenvalue weighted by Crippen LogP contribution is -2.60. The maximum absolute atomic E-state index is 12.7. The summed E-state index contributed by atoms with van der Waals surface area (Å²) in [5.74, 6) is -1.86. The first kappa shape index (κ1) is 23.6. The minimum Gasteiger partial charge on any atom is -0.508 e.